The fourth-order valence-corrected chi connectivity index (χ4v) is 4.66. The van der Waals surface area contributed by atoms with E-state index in [9.17, 15) is 8.42 Å². The highest BCUT2D eigenvalue weighted by molar-refractivity contribution is 7.88. The Kier molecular flexibility index (Phi) is 4.39. The van der Waals surface area contributed by atoms with Crippen molar-refractivity contribution in [2.24, 2.45) is 0 Å². The van der Waals surface area contributed by atoms with Gasteiger partial charge in [-0.25, -0.2) is 8.42 Å². The van der Waals surface area contributed by atoms with Gasteiger partial charge in [0.1, 0.15) is 0 Å². The molecule has 0 aliphatic carbocycles. The minimum atomic E-state index is -3.04. The van der Waals surface area contributed by atoms with Gasteiger partial charge in [-0.3, -0.25) is 4.90 Å². The van der Waals surface area contributed by atoms with Crippen LogP contribution in [0.25, 0.3) is 0 Å². The van der Waals surface area contributed by atoms with Crippen LogP contribution < -0.4 is 0 Å². The van der Waals surface area contributed by atoms with Crippen molar-refractivity contribution >= 4 is 18.6 Å². The Balaban J connectivity index is 2.80. The molecule has 0 amide bonds. The van der Waals surface area contributed by atoms with Gasteiger partial charge in [0.05, 0.1) is 12.0 Å². The highest BCUT2D eigenvalue weighted by atomic mass is 32.2. The van der Waals surface area contributed by atoms with Gasteiger partial charge in [-0.1, -0.05) is 0 Å². The van der Waals surface area contributed by atoms with Gasteiger partial charge in [-0.05, 0) is 27.4 Å². The van der Waals surface area contributed by atoms with Gasteiger partial charge < -0.3 is 0 Å². The molecule has 2 unspecified atom stereocenters. The molecule has 6 heteroatoms. The Morgan fingerprint density at radius 1 is 1.25 bits per heavy atom. The van der Waals surface area contributed by atoms with Crippen LogP contribution in [0.1, 0.15) is 20.8 Å². The average molecular weight is 266 g/mol. The lowest BCUT2D eigenvalue weighted by Crippen LogP contribution is -2.57. The molecule has 0 aromatic rings. The van der Waals surface area contributed by atoms with Crippen LogP contribution in [0, 0.1) is 0 Å². The molecule has 0 radical (unpaired) electrons. The molecule has 0 bridgehead atoms. The minimum Gasteiger partial charge on any atom is -0.295 e. The van der Waals surface area contributed by atoms with E-state index in [4.69, 9.17) is 0 Å². The van der Waals surface area contributed by atoms with Crippen LogP contribution >= 0.6 is 8.58 Å². The maximum Gasteiger partial charge on any atom is 0.211 e. The summed E-state index contributed by atoms with van der Waals surface area (Å²) in [4.78, 5) is 2.37. The molecule has 1 aliphatic heterocycles. The molecule has 2 atom stereocenters. The molecule has 0 aromatic carbocycles. The van der Waals surface area contributed by atoms with E-state index in [2.05, 4.69) is 32.3 Å². The smallest absolute Gasteiger partial charge is 0.211 e. The van der Waals surface area contributed by atoms with Crippen molar-refractivity contribution in [1.82, 2.24) is 9.21 Å². The molecule has 0 spiro atoms. The second-order valence-electron chi connectivity index (χ2n) is 5.30. The van der Waals surface area contributed by atoms with Crippen molar-refractivity contribution in [3.8, 4) is 0 Å². The molecule has 0 N–H and O–H groups in total. The Bertz CT molecular complexity index is 337. The quantitative estimate of drug-likeness (QED) is 0.700. The van der Waals surface area contributed by atoms with Gasteiger partial charge in [-0.2, -0.15) is 4.31 Å². The summed E-state index contributed by atoms with van der Waals surface area (Å²) < 4.78 is 24.9. The monoisotopic (exact) mass is 266 g/mol. The van der Waals surface area contributed by atoms with Crippen molar-refractivity contribution in [3.63, 3.8) is 0 Å². The predicted octanol–water partition coefficient (Wildman–Crippen LogP) is 0.997. The van der Waals surface area contributed by atoms with Crippen molar-refractivity contribution in [2.75, 3.05) is 32.6 Å². The van der Waals surface area contributed by atoms with Crippen LogP contribution in [0.15, 0.2) is 0 Å². The molecule has 1 heterocycles. The van der Waals surface area contributed by atoms with Gasteiger partial charge in [0.25, 0.3) is 0 Å². The molecule has 16 heavy (non-hydrogen) atoms. The standard InChI is InChI=1S/C10H23N2O2PS/c1-10(2,3)11-6-7-12(16(5,13)14)9(8-11)15-4/h9,15H,6-8H2,1-5H3. The second-order valence-corrected chi connectivity index (χ2v) is 8.47. The molecule has 0 aromatic heterocycles. The first kappa shape index (κ1) is 14.4. The zero-order chi connectivity index (χ0) is 12.6. The highest BCUT2D eigenvalue weighted by Gasteiger charge is 2.35. The summed E-state index contributed by atoms with van der Waals surface area (Å²) in [5.41, 5.74) is 0.126. The van der Waals surface area contributed by atoms with E-state index < -0.39 is 10.0 Å². The average Bonchev–Trinajstić information content (AvgIpc) is 2.14. The molecule has 1 rings (SSSR count). The number of hydrogen-bond acceptors (Lipinski definition) is 3. The van der Waals surface area contributed by atoms with Gasteiger partial charge in [0.2, 0.25) is 10.0 Å². The van der Waals surface area contributed by atoms with Crippen molar-refractivity contribution in [3.05, 3.63) is 0 Å². The summed E-state index contributed by atoms with van der Waals surface area (Å²) in [5, 5.41) is 0. The molecule has 0 saturated carbocycles. The number of rotatable bonds is 2. The third kappa shape index (κ3) is 3.39. The second kappa shape index (κ2) is 4.89. The van der Waals surface area contributed by atoms with Gasteiger partial charge in [0, 0.05) is 25.2 Å². The SMILES string of the molecule is CPC1CN(C(C)(C)C)CCN1S(C)(=O)=O. The maximum atomic E-state index is 11.6. The van der Waals surface area contributed by atoms with E-state index in [1.165, 1.54) is 6.26 Å². The van der Waals surface area contributed by atoms with Gasteiger partial charge in [0.15, 0.2) is 0 Å². The van der Waals surface area contributed by atoms with Crippen LogP contribution in [0.4, 0.5) is 0 Å². The molecule has 96 valence electrons. The summed E-state index contributed by atoms with van der Waals surface area (Å²) in [6, 6.07) is 0. The van der Waals surface area contributed by atoms with Crippen LogP contribution in [-0.4, -0.2) is 61.5 Å². The lowest BCUT2D eigenvalue weighted by molar-refractivity contribution is 0.0829. The molecule has 1 fully saturated rings. The van der Waals surface area contributed by atoms with Gasteiger partial charge in [-0.15, -0.1) is 8.58 Å². The Morgan fingerprint density at radius 3 is 2.19 bits per heavy atom. The zero-order valence-electron chi connectivity index (χ0n) is 10.8. The summed E-state index contributed by atoms with van der Waals surface area (Å²) in [7, 11) is -2.41. The highest BCUT2D eigenvalue weighted by Crippen LogP contribution is 2.28. The summed E-state index contributed by atoms with van der Waals surface area (Å²) in [6.45, 7) is 10.9. The third-order valence-electron chi connectivity index (χ3n) is 3.04. The molecule has 1 aliphatic rings. The zero-order valence-corrected chi connectivity index (χ0v) is 12.6. The largest absolute Gasteiger partial charge is 0.295 e. The number of sulfonamides is 1. The van der Waals surface area contributed by atoms with Crippen LogP contribution in [0.2, 0.25) is 0 Å². The van der Waals surface area contributed by atoms with E-state index in [1.807, 2.05) is 0 Å². The lowest BCUT2D eigenvalue weighted by atomic mass is 10.1. The van der Waals surface area contributed by atoms with Crippen molar-refractivity contribution < 1.29 is 8.42 Å². The molecule has 4 nitrogen and oxygen atoms in total. The number of hydrogen-bond donors (Lipinski definition) is 0. The molecular weight excluding hydrogens is 243 g/mol. The summed E-state index contributed by atoms with van der Waals surface area (Å²) >= 11 is 0. The Labute approximate surface area is 101 Å². The Morgan fingerprint density at radius 2 is 1.81 bits per heavy atom. The molecule has 1 saturated heterocycles. The van der Waals surface area contributed by atoms with E-state index in [-0.39, 0.29) is 11.3 Å². The maximum absolute atomic E-state index is 11.6. The lowest BCUT2D eigenvalue weighted by Gasteiger charge is -2.45. The summed E-state index contributed by atoms with van der Waals surface area (Å²) in [5.74, 6) is 0.156. The van der Waals surface area contributed by atoms with E-state index in [0.717, 1.165) is 13.1 Å². The van der Waals surface area contributed by atoms with Crippen molar-refractivity contribution in [1.29, 1.82) is 0 Å². The fourth-order valence-electron chi connectivity index (χ4n) is 2.01. The number of nitrogens with zero attached hydrogens (tertiary/aromatic N) is 2. The summed E-state index contributed by atoms with van der Waals surface area (Å²) in [6.07, 6.45) is 1.31. The van der Waals surface area contributed by atoms with Crippen LogP contribution in [0.3, 0.4) is 0 Å². The first-order valence-corrected chi connectivity index (χ1v) is 8.98. The molecular formula is C10H23N2O2PS. The van der Waals surface area contributed by atoms with Crippen molar-refractivity contribution in [2.45, 2.75) is 32.1 Å². The van der Waals surface area contributed by atoms with E-state index in [0.29, 0.717) is 15.1 Å². The topological polar surface area (TPSA) is 40.6 Å². The third-order valence-corrected chi connectivity index (χ3v) is 5.68. The van der Waals surface area contributed by atoms with Crippen LogP contribution in [0.5, 0.6) is 0 Å². The fraction of sp³-hybridized carbons (Fsp3) is 1.00. The van der Waals surface area contributed by atoms with E-state index in [1.54, 1.807) is 4.31 Å². The normalized spacial score (nSPS) is 26.7. The van der Waals surface area contributed by atoms with E-state index >= 15 is 0 Å². The predicted molar refractivity (Wildman–Crippen MR) is 70.9 cm³/mol. The van der Waals surface area contributed by atoms with Gasteiger partial charge >= 0.3 is 0 Å². The first-order chi connectivity index (χ1) is 7.16. The van der Waals surface area contributed by atoms with Crippen LogP contribution in [-0.2, 0) is 10.0 Å². The minimum absolute atomic E-state index is 0.126. The number of piperazine rings is 1. The Hall–Kier alpha value is 0.300. The first-order valence-electron chi connectivity index (χ1n) is 5.55.